The standard InChI is InChI=1S/C14H10F2N2/c1-18-13-3-2-11(15)4-9(13)6-14(18)10-5-12(16)8-17-7-10/h2-8H,1H3. The average molecular weight is 244 g/mol. The van der Waals surface area contributed by atoms with Crippen molar-refractivity contribution in [2.45, 2.75) is 0 Å². The predicted octanol–water partition coefficient (Wildman–Crippen LogP) is 3.52. The summed E-state index contributed by atoms with van der Waals surface area (Å²) in [6, 6.07) is 7.83. The molecule has 2 nitrogen and oxygen atoms in total. The first-order valence-electron chi connectivity index (χ1n) is 5.51. The number of nitrogens with zero attached hydrogens (tertiary/aromatic N) is 2. The lowest BCUT2D eigenvalue weighted by atomic mass is 10.2. The number of hydrogen-bond acceptors (Lipinski definition) is 1. The van der Waals surface area contributed by atoms with Crippen molar-refractivity contribution in [3.8, 4) is 11.3 Å². The van der Waals surface area contributed by atoms with E-state index < -0.39 is 0 Å². The molecule has 2 aromatic heterocycles. The molecule has 0 saturated carbocycles. The maximum atomic E-state index is 13.2. The molecule has 0 amide bonds. The summed E-state index contributed by atoms with van der Waals surface area (Å²) < 4.78 is 28.2. The molecule has 0 atom stereocenters. The van der Waals surface area contributed by atoms with Crippen molar-refractivity contribution in [1.29, 1.82) is 0 Å². The fourth-order valence-corrected chi connectivity index (χ4v) is 2.15. The van der Waals surface area contributed by atoms with Crippen LogP contribution in [0.5, 0.6) is 0 Å². The first-order chi connectivity index (χ1) is 8.65. The Bertz CT molecular complexity index is 732. The summed E-state index contributed by atoms with van der Waals surface area (Å²) >= 11 is 0. The second-order valence-corrected chi connectivity index (χ2v) is 4.18. The molecule has 90 valence electrons. The van der Waals surface area contributed by atoms with Crippen molar-refractivity contribution in [1.82, 2.24) is 9.55 Å². The van der Waals surface area contributed by atoms with Crippen molar-refractivity contribution < 1.29 is 8.78 Å². The smallest absolute Gasteiger partial charge is 0.142 e. The highest BCUT2D eigenvalue weighted by Crippen LogP contribution is 2.27. The Morgan fingerprint density at radius 2 is 1.83 bits per heavy atom. The van der Waals surface area contributed by atoms with Crippen LogP contribution in [-0.4, -0.2) is 9.55 Å². The number of aromatic nitrogens is 2. The first-order valence-corrected chi connectivity index (χ1v) is 5.51. The predicted molar refractivity (Wildman–Crippen MR) is 66.1 cm³/mol. The number of halogens is 2. The van der Waals surface area contributed by atoms with Gasteiger partial charge in [-0.2, -0.15) is 0 Å². The molecule has 3 aromatic rings. The van der Waals surface area contributed by atoms with Gasteiger partial charge in [-0.1, -0.05) is 0 Å². The van der Waals surface area contributed by atoms with E-state index in [1.54, 1.807) is 12.3 Å². The van der Waals surface area contributed by atoms with E-state index in [0.29, 0.717) is 5.56 Å². The summed E-state index contributed by atoms with van der Waals surface area (Å²) in [6.07, 6.45) is 2.75. The number of pyridine rings is 1. The summed E-state index contributed by atoms with van der Waals surface area (Å²) in [5, 5.41) is 0.789. The van der Waals surface area contributed by atoms with Crippen LogP contribution in [-0.2, 0) is 7.05 Å². The molecule has 0 unspecified atom stereocenters. The van der Waals surface area contributed by atoms with Crippen molar-refractivity contribution >= 4 is 10.9 Å². The third-order valence-corrected chi connectivity index (χ3v) is 3.01. The van der Waals surface area contributed by atoms with Crippen LogP contribution in [0.4, 0.5) is 8.78 Å². The molecule has 2 heterocycles. The van der Waals surface area contributed by atoms with Crippen LogP contribution in [0, 0.1) is 11.6 Å². The van der Waals surface area contributed by atoms with Crippen molar-refractivity contribution in [3.63, 3.8) is 0 Å². The zero-order valence-corrected chi connectivity index (χ0v) is 9.69. The van der Waals surface area contributed by atoms with E-state index in [9.17, 15) is 8.78 Å². The molecular formula is C14H10F2N2. The molecule has 18 heavy (non-hydrogen) atoms. The van der Waals surface area contributed by atoms with Gasteiger partial charge in [0.15, 0.2) is 0 Å². The monoisotopic (exact) mass is 244 g/mol. The SMILES string of the molecule is Cn1c(-c2cncc(F)c2)cc2cc(F)ccc21. The Kier molecular flexibility index (Phi) is 2.37. The van der Waals surface area contributed by atoms with E-state index in [1.165, 1.54) is 18.2 Å². The maximum absolute atomic E-state index is 13.2. The first kappa shape index (κ1) is 10.9. The van der Waals surface area contributed by atoms with Gasteiger partial charge in [-0.3, -0.25) is 4.98 Å². The highest BCUT2D eigenvalue weighted by Gasteiger charge is 2.09. The van der Waals surface area contributed by atoms with Gasteiger partial charge < -0.3 is 4.57 Å². The quantitative estimate of drug-likeness (QED) is 0.640. The number of benzene rings is 1. The van der Waals surface area contributed by atoms with Crippen LogP contribution in [0.25, 0.3) is 22.2 Å². The molecule has 0 fully saturated rings. The van der Waals surface area contributed by atoms with E-state index in [2.05, 4.69) is 4.98 Å². The average Bonchev–Trinajstić information content (AvgIpc) is 2.66. The fourth-order valence-electron chi connectivity index (χ4n) is 2.15. The maximum Gasteiger partial charge on any atom is 0.142 e. The van der Waals surface area contributed by atoms with E-state index in [-0.39, 0.29) is 11.6 Å². The molecule has 1 aromatic carbocycles. The zero-order chi connectivity index (χ0) is 12.7. The summed E-state index contributed by atoms with van der Waals surface area (Å²) in [5.74, 6) is -0.666. The van der Waals surface area contributed by atoms with Crippen LogP contribution in [0.3, 0.4) is 0 Å². The van der Waals surface area contributed by atoms with E-state index in [0.717, 1.165) is 22.8 Å². The molecule has 3 rings (SSSR count). The lowest BCUT2D eigenvalue weighted by molar-refractivity contribution is 0.622. The summed E-state index contributed by atoms with van der Waals surface area (Å²) in [4.78, 5) is 3.83. The highest BCUT2D eigenvalue weighted by molar-refractivity contribution is 5.86. The summed E-state index contributed by atoms with van der Waals surface area (Å²) in [6.45, 7) is 0. The van der Waals surface area contributed by atoms with Crippen molar-refractivity contribution in [3.05, 3.63) is 54.4 Å². The van der Waals surface area contributed by atoms with Gasteiger partial charge in [-0.25, -0.2) is 8.78 Å². The number of hydrogen-bond donors (Lipinski definition) is 0. The Balaban J connectivity index is 2.27. The number of aryl methyl sites for hydroxylation is 1. The van der Waals surface area contributed by atoms with Gasteiger partial charge in [-0.05, 0) is 30.3 Å². The lowest BCUT2D eigenvalue weighted by Crippen LogP contribution is -1.92. The molecule has 0 spiro atoms. The minimum absolute atomic E-state index is 0.281. The third-order valence-electron chi connectivity index (χ3n) is 3.01. The summed E-state index contributed by atoms with van der Waals surface area (Å²) in [5.41, 5.74) is 2.38. The Morgan fingerprint density at radius 1 is 1.00 bits per heavy atom. The van der Waals surface area contributed by atoms with Crippen LogP contribution in [0.2, 0.25) is 0 Å². The van der Waals surface area contributed by atoms with Crippen molar-refractivity contribution in [2.75, 3.05) is 0 Å². The molecule has 0 radical (unpaired) electrons. The minimum Gasteiger partial charge on any atom is -0.344 e. The molecular weight excluding hydrogens is 234 g/mol. The Labute approximate surface area is 103 Å². The van der Waals surface area contributed by atoms with Crippen LogP contribution in [0.1, 0.15) is 0 Å². The molecule has 0 aliphatic carbocycles. The van der Waals surface area contributed by atoms with Gasteiger partial charge in [0.05, 0.1) is 11.9 Å². The van der Waals surface area contributed by atoms with Gasteiger partial charge in [0.25, 0.3) is 0 Å². The number of fused-ring (bicyclic) bond motifs is 1. The lowest BCUT2D eigenvalue weighted by Gasteiger charge is -2.03. The Morgan fingerprint density at radius 3 is 2.61 bits per heavy atom. The second-order valence-electron chi connectivity index (χ2n) is 4.18. The van der Waals surface area contributed by atoms with E-state index in [1.807, 2.05) is 17.7 Å². The highest BCUT2D eigenvalue weighted by atomic mass is 19.1. The normalized spacial score (nSPS) is 11.1. The minimum atomic E-state index is -0.385. The van der Waals surface area contributed by atoms with Gasteiger partial charge in [0.2, 0.25) is 0 Å². The van der Waals surface area contributed by atoms with Crippen molar-refractivity contribution in [2.24, 2.45) is 7.05 Å². The van der Waals surface area contributed by atoms with Gasteiger partial charge in [0, 0.05) is 29.7 Å². The van der Waals surface area contributed by atoms with Gasteiger partial charge >= 0.3 is 0 Å². The van der Waals surface area contributed by atoms with E-state index in [4.69, 9.17) is 0 Å². The molecule has 0 aliphatic heterocycles. The largest absolute Gasteiger partial charge is 0.344 e. The summed E-state index contributed by atoms with van der Waals surface area (Å²) in [7, 11) is 1.86. The van der Waals surface area contributed by atoms with Crippen LogP contribution < -0.4 is 0 Å². The van der Waals surface area contributed by atoms with E-state index >= 15 is 0 Å². The molecule has 0 aliphatic rings. The second kappa shape index (κ2) is 3.91. The van der Waals surface area contributed by atoms with Gasteiger partial charge in [-0.15, -0.1) is 0 Å². The molecule has 0 N–H and O–H groups in total. The number of rotatable bonds is 1. The third kappa shape index (κ3) is 1.66. The molecule has 0 saturated heterocycles. The molecule has 4 heteroatoms. The fraction of sp³-hybridized carbons (Fsp3) is 0.0714. The topological polar surface area (TPSA) is 17.8 Å². The zero-order valence-electron chi connectivity index (χ0n) is 9.69. The van der Waals surface area contributed by atoms with Crippen LogP contribution >= 0.6 is 0 Å². The molecule has 0 bridgehead atoms. The Hall–Kier alpha value is -2.23. The van der Waals surface area contributed by atoms with Crippen LogP contribution in [0.15, 0.2) is 42.7 Å². The van der Waals surface area contributed by atoms with Gasteiger partial charge in [0.1, 0.15) is 11.6 Å².